The summed E-state index contributed by atoms with van der Waals surface area (Å²) >= 11 is 7.28. The van der Waals surface area contributed by atoms with E-state index in [1.165, 1.54) is 24.0 Å². The number of pyridine rings is 1. The van der Waals surface area contributed by atoms with Crippen LogP contribution in [0.5, 0.6) is 0 Å². The largest absolute Gasteiger partial charge is 0.302 e. The molecule has 9 heteroatoms. The zero-order valence-electron chi connectivity index (χ0n) is 18.5. The second kappa shape index (κ2) is 8.96. The first kappa shape index (κ1) is 23.0. The number of amides is 1. The number of hydrogen-bond donors (Lipinski definition) is 0. The van der Waals surface area contributed by atoms with Gasteiger partial charge in [-0.05, 0) is 76.0 Å². The van der Waals surface area contributed by atoms with E-state index in [4.69, 9.17) is 18.8 Å². The number of thiocarbonyl (C=S) groups is 1. The van der Waals surface area contributed by atoms with Crippen LogP contribution in [0.2, 0.25) is 0 Å². The highest BCUT2D eigenvalue weighted by molar-refractivity contribution is 7.81. The lowest BCUT2D eigenvalue weighted by molar-refractivity contribution is -0.120. The van der Waals surface area contributed by atoms with Gasteiger partial charge in [-0.15, -0.1) is 11.3 Å². The van der Waals surface area contributed by atoms with Gasteiger partial charge in [-0.1, -0.05) is 6.07 Å². The molecule has 0 radical (unpaired) electrons. The summed E-state index contributed by atoms with van der Waals surface area (Å²) in [7, 11) is 0. The van der Waals surface area contributed by atoms with Gasteiger partial charge in [0.15, 0.2) is 10.8 Å². The van der Waals surface area contributed by atoms with Gasteiger partial charge in [0.2, 0.25) is 0 Å². The number of carbonyl (C=O) groups excluding carboxylic acids is 1. The molecule has 0 bridgehead atoms. The number of benzene rings is 1. The van der Waals surface area contributed by atoms with Gasteiger partial charge >= 0.3 is 0 Å². The number of rotatable bonds is 6. The van der Waals surface area contributed by atoms with Crippen molar-refractivity contribution in [3.05, 3.63) is 75.5 Å². The number of halogens is 1. The van der Waals surface area contributed by atoms with Gasteiger partial charge in [-0.25, -0.2) is 14.2 Å². The summed E-state index contributed by atoms with van der Waals surface area (Å²) in [5.74, 6) is -0.959. The van der Waals surface area contributed by atoms with Crippen LogP contribution < -0.4 is 9.80 Å². The predicted octanol–water partition coefficient (Wildman–Crippen LogP) is 5.63. The fourth-order valence-corrected chi connectivity index (χ4v) is 5.07. The molecule has 2 aromatic heterocycles. The Kier molecular flexibility index (Phi) is 6.23. The third kappa shape index (κ3) is 4.12. The maximum atomic E-state index is 15.1. The number of aryl methyl sites for hydroxylation is 2. The molecule has 1 aromatic carbocycles. The first-order valence-corrected chi connectivity index (χ1v) is 11.7. The van der Waals surface area contributed by atoms with Crippen molar-refractivity contribution in [1.29, 1.82) is 0 Å². The highest BCUT2D eigenvalue weighted by atomic mass is 32.1. The maximum absolute atomic E-state index is 15.1. The van der Waals surface area contributed by atoms with Crippen LogP contribution in [0, 0.1) is 19.3 Å². The summed E-state index contributed by atoms with van der Waals surface area (Å²) in [5, 5.41) is 3.26. The van der Waals surface area contributed by atoms with Crippen molar-refractivity contribution in [2.45, 2.75) is 45.6 Å². The lowest BCUT2D eigenvalue weighted by Crippen LogP contribution is -2.44. The molecule has 0 saturated carbocycles. The van der Waals surface area contributed by atoms with Crippen LogP contribution in [0.4, 0.5) is 21.5 Å². The normalized spacial score (nSPS) is 15.2. The SMILES string of the molecule is [C-]#[N+]c1ccc(N2C(=O)C(C)(C)N(c3ccc(CCCc4nccs4)nc3)C2=S)c(F)c1C. The maximum Gasteiger partial charge on any atom is 0.259 e. The first-order valence-electron chi connectivity index (χ1n) is 10.4. The standard InChI is InChI=1S/C24H22FN5OS2/c1-15-18(26-4)10-11-19(21(15)25)29-22(31)24(2,3)30(23(29)32)17-9-8-16(28-14-17)6-5-7-20-27-12-13-33-20/h8-14H,5-7H2,1-3H3. The molecule has 1 aliphatic rings. The zero-order chi connectivity index (χ0) is 23.8. The number of hydrogen-bond acceptors (Lipinski definition) is 5. The van der Waals surface area contributed by atoms with Crippen LogP contribution >= 0.6 is 23.6 Å². The molecule has 3 heterocycles. The Morgan fingerprint density at radius 2 is 2.00 bits per heavy atom. The molecule has 3 aromatic rings. The van der Waals surface area contributed by atoms with Crippen molar-refractivity contribution in [1.82, 2.24) is 9.97 Å². The van der Waals surface area contributed by atoms with Crippen LogP contribution in [-0.2, 0) is 17.6 Å². The molecule has 1 saturated heterocycles. The molecule has 6 nitrogen and oxygen atoms in total. The van der Waals surface area contributed by atoms with E-state index in [-0.39, 0.29) is 28.0 Å². The minimum absolute atomic E-state index is 0.0530. The third-order valence-corrected chi connectivity index (χ3v) is 6.95. The smallest absolute Gasteiger partial charge is 0.259 e. The fraction of sp³-hybridized carbons (Fsp3) is 0.292. The van der Waals surface area contributed by atoms with E-state index >= 15 is 4.39 Å². The van der Waals surface area contributed by atoms with E-state index in [9.17, 15) is 4.79 Å². The van der Waals surface area contributed by atoms with Crippen molar-refractivity contribution in [3.8, 4) is 0 Å². The van der Waals surface area contributed by atoms with E-state index in [1.54, 1.807) is 36.3 Å². The molecular formula is C24H22FN5OS2. The van der Waals surface area contributed by atoms with Gasteiger partial charge in [-0.3, -0.25) is 14.7 Å². The Hall–Kier alpha value is -3.22. The Morgan fingerprint density at radius 1 is 1.21 bits per heavy atom. The topological polar surface area (TPSA) is 53.7 Å². The second-order valence-corrected chi connectivity index (χ2v) is 9.60. The monoisotopic (exact) mass is 479 g/mol. The summed E-state index contributed by atoms with van der Waals surface area (Å²) in [5.41, 5.74) is 1.04. The minimum Gasteiger partial charge on any atom is -0.302 e. The van der Waals surface area contributed by atoms with Crippen molar-refractivity contribution in [3.63, 3.8) is 0 Å². The lowest BCUT2D eigenvalue weighted by Gasteiger charge is -2.29. The van der Waals surface area contributed by atoms with E-state index in [1.807, 2.05) is 23.7 Å². The molecule has 168 valence electrons. The molecule has 0 N–H and O–H groups in total. The van der Waals surface area contributed by atoms with E-state index < -0.39 is 11.4 Å². The van der Waals surface area contributed by atoms with Gasteiger partial charge in [-0.2, -0.15) is 0 Å². The predicted molar refractivity (Wildman–Crippen MR) is 132 cm³/mol. The van der Waals surface area contributed by atoms with Crippen LogP contribution in [0.3, 0.4) is 0 Å². The van der Waals surface area contributed by atoms with Crippen LogP contribution in [0.15, 0.2) is 42.0 Å². The fourth-order valence-electron chi connectivity index (χ4n) is 3.89. The minimum atomic E-state index is -1.02. The third-order valence-electron chi connectivity index (χ3n) is 5.74. The molecule has 0 unspecified atom stereocenters. The molecule has 1 fully saturated rings. The average Bonchev–Trinajstić information content (AvgIpc) is 3.36. The van der Waals surface area contributed by atoms with Crippen LogP contribution in [-0.4, -0.2) is 26.5 Å². The Labute approximate surface area is 201 Å². The number of thiazole rings is 1. The Bertz CT molecular complexity index is 1250. The summed E-state index contributed by atoms with van der Waals surface area (Å²) in [6, 6.07) is 6.76. The molecule has 0 atom stereocenters. The second-order valence-electron chi connectivity index (χ2n) is 8.26. The molecule has 4 rings (SSSR count). The first-order chi connectivity index (χ1) is 15.8. The van der Waals surface area contributed by atoms with E-state index in [0.717, 1.165) is 30.0 Å². The molecule has 0 spiro atoms. The number of nitrogens with zero attached hydrogens (tertiary/aromatic N) is 5. The van der Waals surface area contributed by atoms with Crippen LogP contribution in [0.1, 0.15) is 36.5 Å². The molecular weight excluding hydrogens is 457 g/mol. The van der Waals surface area contributed by atoms with Crippen molar-refractivity contribution < 1.29 is 9.18 Å². The van der Waals surface area contributed by atoms with Gasteiger partial charge in [0.1, 0.15) is 11.4 Å². The summed E-state index contributed by atoms with van der Waals surface area (Å²) in [6.07, 6.45) is 6.18. The van der Waals surface area contributed by atoms with Gasteiger partial charge in [0, 0.05) is 17.3 Å². The Morgan fingerprint density at radius 3 is 2.64 bits per heavy atom. The van der Waals surface area contributed by atoms with E-state index in [0.29, 0.717) is 5.69 Å². The molecule has 33 heavy (non-hydrogen) atoms. The van der Waals surface area contributed by atoms with Crippen LogP contribution in [0.25, 0.3) is 4.85 Å². The summed E-state index contributed by atoms with van der Waals surface area (Å²) in [6.45, 7) is 12.2. The highest BCUT2D eigenvalue weighted by Gasteiger charge is 2.51. The summed E-state index contributed by atoms with van der Waals surface area (Å²) < 4.78 is 15.1. The molecule has 1 aliphatic heterocycles. The summed E-state index contributed by atoms with van der Waals surface area (Å²) in [4.78, 5) is 28.4. The number of anilines is 2. The van der Waals surface area contributed by atoms with Crippen molar-refractivity contribution >= 4 is 51.6 Å². The van der Waals surface area contributed by atoms with E-state index in [2.05, 4.69) is 14.8 Å². The Balaban J connectivity index is 1.57. The quantitative estimate of drug-likeness (QED) is 0.339. The van der Waals surface area contributed by atoms with Gasteiger partial charge in [0.05, 0.1) is 29.2 Å². The van der Waals surface area contributed by atoms with Crippen molar-refractivity contribution in [2.75, 3.05) is 9.80 Å². The number of carbonyl (C=O) groups is 1. The van der Waals surface area contributed by atoms with Gasteiger partial charge in [0.25, 0.3) is 5.91 Å². The van der Waals surface area contributed by atoms with Gasteiger partial charge < -0.3 is 4.90 Å². The highest BCUT2D eigenvalue weighted by Crippen LogP contribution is 2.38. The van der Waals surface area contributed by atoms with Crippen molar-refractivity contribution in [2.24, 2.45) is 0 Å². The molecule has 1 amide bonds. The number of aromatic nitrogens is 2. The zero-order valence-corrected chi connectivity index (χ0v) is 20.1. The average molecular weight is 480 g/mol. The lowest BCUT2D eigenvalue weighted by atomic mass is 10.0. The molecule has 0 aliphatic carbocycles.